The monoisotopic (exact) mass is 530 g/mol. The van der Waals surface area contributed by atoms with Crippen molar-refractivity contribution in [2.45, 2.75) is 46.8 Å². The fourth-order valence-corrected chi connectivity index (χ4v) is 3.89. The lowest BCUT2D eigenvalue weighted by molar-refractivity contribution is -0.384. The molecule has 0 saturated carbocycles. The molecule has 0 fully saturated rings. The molecule has 10 heteroatoms. The van der Waals surface area contributed by atoms with Gasteiger partial charge in [-0.1, -0.05) is 0 Å². The highest BCUT2D eigenvalue weighted by atomic mass is 16.6. The Morgan fingerprint density at radius 3 is 2.38 bits per heavy atom. The molecule has 2 aromatic heterocycles. The second-order valence-electron chi connectivity index (χ2n) is 9.89. The number of hydrogen-bond donors (Lipinski definition) is 1. The minimum Gasteiger partial charge on any atom is -0.487 e. The molecule has 0 aliphatic heterocycles. The van der Waals surface area contributed by atoms with Crippen molar-refractivity contribution in [2.24, 2.45) is 5.10 Å². The molecular weight excluding hydrogens is 500 g/mol. The molecule has 2 heterocycles. The Balaban J connectivity index is 1.36. The van der Waals surface area contributed by atoms with Crippen molar-refractivity contribution < 1.29 is 23.6 Å². The summed E-state index contributed by atoms with van der Waals surface area (Å²) in [6.45, 7) is 9.82. The van der Waals surface area contributed by atoms with Crippen molar-refractivity contribution in [3.05, 3.63) is 105 Å². The molecule has 0 unspecified atom stereocenters. The summed E-state index contributed by atoms with van der Waals surface area (Å²) < 4.78 is 19.4. The number of aromatic nitrogens is 1. The molecular formula is C29H30N4O6. The van der Waals surface area contributed by atoms with Crippen LogP contribution in [0.25, 0.3) is 5.69 Å². The quantitative estimate of drug-likeness (QED) is 0.158. The van der Waals surface area contributed by atoms with Gasteiger partial charge < -0.3 is 18.5 Å². The van der Waals surface area contributed by atoms with Crippen molar-refractivity contribution in [1.82, 2.24) is 9.99 Å². The summed E-state index contributed by atoms with van der Waals surface area (Å²) in [6.07, 6.45) is 1.29. The van der Waals surface area contributed by atoms with E-state index in [1.54, 1.807) is 6.07 Å². The molecule has 1 amide bonds. The maximum Gasteiger partial charge on any atom is 0.307 e. The second-order valence-corrected chi connectivity index (χ2v) is 9.89. The number of nitrogens with one attached hydrogen (secondary N) is 1. The molecule has 2 aromatic carbocycles. The van der Waals surface area contributed by atoms with Gasteiger partial charge in [-0.2, -0.15) is 5.10 Å². The molecule has 1 N–H and O–H groups in total. The van der Waals surface area contributed by atoms with Gasteiger partial charge in [0.2, 0.25) is 0 Å². The van der Waals surface area contributed by atoms with Crippen molar-refractivity contribution in [1.29, 1.82) is 0 Å². The van der Waals surface area contributed by atoms with E-state index in [9.17, 15) is 14.9 Å². The van der Waals surface area contributed by atoms with E-state index in [1.165, 1.54) is 30.5 Å². The van der Waals surface area contributed by atoms with Crippen LogP contribution in [0.3, 0.4) is 0 Å². The number of non-ortho nitro benzene ring substituents is 1. The van der Waals surface area contributed by atoms with Gasteiger partial charge >= 0.3 is 5.91 Å². The lowest BCUT2D eigenvalue weighted by Gasteiger charge is -2.22. The highest BCUT2D eigenvalue weighted by molar-refractivity contribution is 5.93. The first-order valence-electron chi connectivity index (χ1n) is 12.3. The van der Waals surface area contributed by atoms with E-state index in [4.69, 9.17) is 13.9 Å². The van der Waals surface area contributed by atoms with E-state index in [0.717, 1.165) is 17.1 Å². The first-order chi connectivity index (χ1) is 18.5. The molecule has 0 radical (unpaired) electrons. The average molecular weight is 531 g/mol. The van der Waals surface area contributed by atoms with E-state index in [-0.39, 0.29) is 18.1 Å². The molecule has 0 aliphatic rings. The molecule has 202 valence electrons. The van der Waals surface area contributed by atoms with Gasteiger partial charge in [-0.05, 0) is 89.2 Å². The van der Waals surface area contributed by atoms with Crippen LogP contribution in [0.1, 0.15) is 54.0 Å². The molecule has 10 nitrogen and oxygen atoms in total. The zero-order valence-corrected chi connectivity index (χ0v) is 22.4. The predicted octanol–water partition coefficient (Wildman–Crippen LogP) is 6.12. The Morgan fingerprint density at radius 2 is 1.74 bits per heavy atom. The van der Waals surface area contributed by atoms with Gasteiger partial charge in [0, 0.05) is 34.8 Å². The molecule has 0 spiro atoms. The van der Waals surface area contributed by atoms with Crippen LogP contribution in [0.2, 0.25) is 0 Å². The third-order valence-electron chi connectivity index (χ3n) is 5.62. The summed E-state index contributed by atoms with van der Waals surface area (Å²) >= 11 is 0. The maximum atomic E-state index is 12.5. The van der Waals surface area contributed by atoms with Gasteiger partial charge in [-0.25, -0.2) is 5.43 Å². The summed E-state index contributed by atoms with van der Waals surface area (Å²) in [5, 5.41) is 15.1. The third-order valence-corrected chi connectivity index (χ3v) is 5.62. The number of benzene rings is 2. The Kier molecular flexibility index (Phi) is 7.85. The first kappa shape index (κ1) is 27.2. The van der Waals surface area contributed by atoms with Crippen LogP contribution in [-0.2, 0) is 6.61 Å². The minimum absolute atomic E-state index is 0.0462. The van der Waals surface area contributed by atoms with Crippen LogP contribution in [0.15, 0.2) is 76.2 Å². The minimum atomic E-state index is -0.581. The number of aryl methyl sites for hydroxylation is 2. The summed E-state index contributed by atoms with van der Waals surface area (Å²) in [5.74, 6) is 0.992. The second kappa shape index (κ2) is 11.3. The number of carbonyl (C=O) groups excluding carboxylic acids is 1. The Hall–Kier alpha value is -4.86. The zero-order valence-electron chi connectivity index (χ0n) is 22.4. The third kappa shape index (κ3) is 6.92. The highest BCUT2D eigenvalue weighted by Crippen LogP contribution is 2.26. The highest BCUT2D eigenvalue weighted by Gasteiger charge is 2.17. The Labute approximate surface area is 226 Å². The fourth-order valence-electron chi connectivity index (χ4n) is 3.89. The van der Waals surface area contributed by atoms with Crippen molar-refractivity contribution in [2.75, 3.05) is 0 Å². The number of furan rings is 1. The largest absolute Gasteiger partial charge is 0.487 e. The molecule has 0 aliphatic carbocycles. The number of hydrogen-bond acceptors (Lipinski definition) is 7. The molecule has 39 heavy (non-hydrogen) atoms. The molecule has 0 bridgehead atoms. The van der Waals surface area contributed by atoms with Gasteiger partial charge in [0.15, 0.2) is 5.76 Å². The molecule has 4 aromatic rings. The Morgan fingerprint density at radius 1 is 1.05 bits per heavy atom. The van der Waals surface area contributed by atoms with Crippen molar-refractivity contribution >= 4 is 17.8 Å². The van der Waals surface area contributed by atoms with Gasteiger partial charge in [0.05, 0.1) is 11.1 Å². The van der Waals surface area contributed by atoms with E-state index in [2.05, 4.69) is 41.1 Å². The lowest BCUT2D eigenvalue weighted by Crippen LogP contribution is -2.23. The smallest absolute Gasteiger partial charge is 0.307 e. The van der Waals surface area contributed by atoms with E-state index >= 15 is 0 Å². The molecule has 0 atom stereocenters. The number of rotatable bonds is 9. The normalized spacial score (nSPS) is 11.5. The Bertz CT molecular complexity index is 1490. The number of carbonyl (C=O) groups is 1. The van der Waals surface area contributed by atoms with Crippen LogP contribution in [0.4, 0.5) is 5.69 Å². The SMILES string of the molecule is Cc1ccc(C)n1-c1ccc(OCc2ccc(C(=O)N/N=C/c3cc([N+](=O)[O-])ccc3OC(C)(C)C)o2)cc1. The number of amides is 1. The van der Waals surface area contributed by atoms with Gasteiger partial charge in [-0.15, -0.1) is 0 Å². The van der Waals surface area contributed by atoms with Crippen molar-refractivity contribution in [3.8, 4) is 17.2 Å². The van der Waals surface area contributed by atoms with E-state index < -0.39 is 16.4 Å². The maximum absolute atomic E-state index is 12.5. The van der Waals surface area contributed by atoms with Crippen LogP contribution >= 0.6 is 0 Å². The average Bonchev–Trinajstić information content (AvgIpc) is 3.49. The van der Waals surface area contributed by atoms with E-state index in [1.807, 2.05) is 45.0 Å². The molecule has 0 saturated heterocycles. The van der Waals surface area contributed by atoms with Crippen LogP contribution in [0, 0.1) is 24.0 Å². The molecule has 4 rings (SSSR count). The van der Waals surface area contributed by atoms with Crippen LogP contribution < -0.4 is 14.9 Å². The number of nitro groups is 1. The summed E-state index contributed by atoms with van der Waals surface area (Å²) in [6, 6.07) is 19.2. The first-order valence-corrected chi connectivity index (χ1v) is 12.3. The summed E-state index contributed by atoms with van der Waals surface area (Å²) in [7, 11) is 0. The number of hydrazone groups is 1. The number of ether oxygens (including phenoxy) is 2. The standard InChI is InChI=1S/C29H30N4O6/c1-19-6-7-20(2)32(19)22-8-11-24(12-9-22)37-18-25-13-15-27(38-25)28(34)31-30-17-21-16-23(33(35)36)10-14-26(21)39-29(3,4)5/h6-17H,18H2,1-5H3,(H,31,34)/b30-17+. The van der Waals surface area contributed by atoms with Gasteiger partial charge in [0.1, 0.15) is 29.5 Å². The topological polar surface area (TPSA) is 121 Å². The number of nitro benzene ring substituents is 1. The zero-order chi connectivity index (χ0) is 28.2. The van der Waals surface area contributed by atoms with Gasteiger partial charge in [0.25, 0.3) is 5.69 Å². The summed E-state index contributed by atoms with van der Waals surface area (Å²) in [5.41, 5.74) is 5.41. The van der Waals surface area contributed by atoms with E-state index in [0.29, 0.717) is 22.8 Å². The predicted molar refractivity (Wildman–Crippen MR) is 147 cm³/mol. The number of nitrogens with zero attached hydrogens (tertiary/aromatic N) is 3. The van der Waals surface area contributed by atoms with Crippen LogP contribution in [-0.4, -0.2) is 27.2 Å². The lowest BCUT2D eigenvalue weighted by atomic mass is 10.1. The summed E-state index contributed by atoms with van der Waals surface area (Å²) in [4.78, 5) is 23.2. The fraction of sp³-hybridized carbons (Fsp3) is 0.241. The van der Waals surface area contributed by atoms with Crippen LogP contribution in [0.5, 0.6) is 11.5 Å². The van der Waals surface area contributed by atoms with Crippen molar-refractivity contribution in [3.63, 3.8) is 0 Å². The van der Waals surface area contributed by atoms with Gasteiger partial charge in [-0.3, -0.25) is 14.9 Å².